The third-order valence-electron chi connectivity index (χ3n) is 3.20. The van der Waals surface area contributed by atoms with E-state index in [-0.39, 0.29) is 5.82 Å². The maximum absolute atomic E-state index is 13.1. The molecule has 3 nitrogen and oxygen atoms in total. The van der Waals surface area contributed by atoms with Gasteiger partial charge in [0.15, 0.2) is 0 Å². The van der Waals surface area contributed by atoms with E-state index in [1.165, 1.54) is 17.7 Å². The number of hydrogen-bond donors (Lipinski definition) is 2. The Balaban J connectivity index is 1.55. The van der Waals surface area contributed by atoms with Crippen molar-refractivity contribution in [1.29, 1.82) is 0 Å². The topological polar surface area (TPSA) is 40.7 Å². The Morgan fingerprint density at radius 2 is 1.95 bits per heavy atom. The molecule has 20 heavy (non-hydrogen) atoms. The fraction of sp³-hybridized carbons (Fsp3) is 0.188. The number of aromatic nitrogens is 2. The van der Waals surface area contributed by atoms with Crippen LogP contribution in [0.5, 0.6) is 0 Å². The van der Waals surface area contributed by atoms with E-state index in [4.69, 9.17) is 0 Å². The van der Waals surface area contributed by atoms with Gasteiger partial charge in [0.25, 0.3) is 0 Å². The molecule has 0 bridgehead atoms. The van der Waals surface area contributed by atoms with Gasteiger partial charge in [0.05, 0.1) is 11.0 Å². The fourth-order valence-electron chi connectivity index (χ4n) is 2.19. The first kappa shape index (κ1) is 12.8. The molecule has 0 atom stereocenters. The number of rotatable bonds is 5. The summed E-state index contributed by atoms with van der Waals surface area (Å²) in [5.41, 5.74) is 2.83. The molecule has 3 rings (SSSR count). The molecule has 0 saturated heterocycles. The van der Waals surface area contributed by atoms with Gasteiger partial charge in [-0.15, -0.1) is 0 Å². The monoisotopic (exact) mass is 269 g/mol. The standard InChI is InChI=1S/C16H16FN3/c17-13-6-7-14-15(10-13)20-16(19-14)8-9-18-11-12-4-2-1-3-5-12/h1-7,10,18H,8-9,11H2,(H,19,20). The molecule has 2 aromatic carbocycles. The smallest absolute Gasteiger partial charge is 0.125 e. The van der Waals surface area contributed by atoms with Gasteiger partial charge in [0.2, 0.25) is 0 Å². The van der Waals surface area contributed by atoms with Crippen LogP contribution in [-0.4, -0.2) is 16.5 Å². The molecule has 0 amide bonds. The highest BCUT2D eigenvalue weighted by Crippen LogP contribution is 2.12. The molecule has 0 unspecified atom stereocenters. The van der Waals surface area contributed by atoms with E-state index < -0.39 is 0 Å². The maximum atomic E-state index is 13.1. The Hall–Kier alpha value is -2.20. The molecule has 0 spiro atoms. The molecule has 2 N–H and O–H groups in total. The van der Waals surface area contributed by atoms with E-state index >= 15 is 0 Å². The number of nitrogens with one attached hydrogen (secondary N) is 2. The van der Waals surface area contributed by atoms with Gasteiger partial charge in [-0.1, -0.05) is 30.3 Å². The Bertz CT molecular complexity index is 691. The van der Waals surface area contributed by atoms with Crippen LogP contribution < -0.4 is 5.32 Å². The summed E-state index contributed by atoms with van der Waals surface area (Å²) in [7, 11) is 0. The van der Waals surface area contributed by atoms with Gasteiger partial charge >= 0.3 is 0 Å². The minimum absolute atomic E-state index is 0.241. The molecule has 4 heteroatoms. The number of H-pyrrole nitrogens is 1. The number of aromatic amines is 1. The van der Waals surface area contributed by atoms with Crippen LogP contribution in [0.2, 0.25) is 0 Å². The Labute approximate surface area is 116 Å². The van der Waals surface area contributed by atoms with Crippen molar-refractivity contribution in [2.75, 3.05) is 6.54 Å². The van der Waals surface area contributed by atoms with Crippen molar-refractivity contribution in [2.24, 2.45) is 0 Å². The summed E-state index contributed by atoms with van der Waals surface area (Å²) in [6.45, 7) is 1.67. The number of fused-ring (bicyclic) bond motifs is 1. The SMILES string of the molecule is Fc1ccc2nc(CCNCc3ccccc3)[nH]c2c1. The van der Waals surface area contributed by atoms with Crippen LogP contribution >= 0.6 is 0 Å². The number of imidazole rings is 1. The molecule has 1 aromatic heterocycles. The van der Waals surface area contributed by atoms with E-state index in [0.29, 0.717) is 0 Å². The fourth-order valence-corrected chi connectivity index (χ4v) is 2.19. The lowest BCUT2D eigenvalue weighted by Gasteiger charge is -2.03. The van der Waals surface area contributed by atoms with Gasteiger partial charge in [0.1, 0.15) is 11.6 Å². The van der Waals surface area contributed by atoms with Gasteiger partial charge in [-0.25, -0.2) is 9.37 Å². The molecular formula is C16H16FN3. The summed E-state index contributed by atoms with van der Waals surface area (Å²) in [5, 5.41) is 3.37. The Kier molecular flexibility index (Phi) is 3.74. The zero-order valence-corrected chi connectivity index (χ0v) is 11.1. The molecule has 3 aromatic rings. The molecule has 0 aliphatic rings. The predicted molar refractivity (Wildman–Crippen MR) is 77.9 cm³/mol. The number of halogens is 1. The van der Waals surface area contributed by atoms with Crippen molar-refractivity contribution in [2.45, 2.75) is 13.0 Å². The van der Waals surface area contributed by atoms with E-state index in [2.05, 4.69) is 27.4 Å². The first-order chi connectivity index (χ1) is 9.81. The highest BCUT2D eigenvalue weighted by molar-refractivity contribution is 5.74. The van der Waals surface area contributed by atoms with Crippen LogP contribution in [0, 0.1) is 5.82 Å². The maximum Gasteiger partial charge on any atom is 0.125 e. The molecule has 0 aliphatic carbocycles. The largest absolute Gasteiger partial charge is 0.342 e. The van der Waals surface area contributed by atoms with Crippen LogP contribution in [0.25, 0.3) is 11.0 Å². The molecule has 0 fully saturated rings. The molecule has 0 aliphatic heterocycles. The van der Waals surface area contributed by atoms with E-state index in [1.54, 1.807) is 6.07 Å². The van der Waals surface area contributed by atoms with Crippen molar-refractivity contribution in [1.82, 2.24) is 15.3 Å². The normalized spacial score (nSPS) is 11.1. The van der Waals surface area contributed by atoms with Gasteiger partial charge in [0, 0.05) is 19.5 Å². The summed E-state index contributed by atoms with van der Waals surface area (Å²) < 4.78 is 13.1. The van der Waals surface area contributed by atoms with Crippen molar-refractivity contribution in [3.05, 3.63) is 65.7 Å². The quantitative estimate of drug-likeness (QED) is 0.699. The number of benzene rings is 2. The summed E-state index contributed by atoms with van der Waals surface area (Å²) in [6, 6.07) is 14.9. The van der Waals surface area contributed by atoms with Crippen LogP contribution in [0.3, 0.4) is 0 Å². The second kappa shape index (κ2) is 5.84. The number of nitrogens with zero attached hydrogens (tertiary/aromatic N) is 1. The zero-order chi connectivity index (χ0) is 13.8. The first-order valence-electron chi connectivity index (χ1n) is 6.70. The Morgan fingerprint density at radius 3 is 2.80 bits per heavy atom. The van der Waals surface area contributed by atoms with Crippen LogP contribution in [0.4, 0.5) is 4.39 Å². The van der Waals surface area contributed by atoms with Crippen LogP contribution in [0.1, 0.15) is 11.4 Å². The highest BCUT2D eigenvalue weighted by Gasteiger charge is 2.03. The predicted octanol–water partition coefficient (Wildman–Crippen LogP) is 3.03. The molecule has 0 radical (unpaired) electrons. The van der Waals surface area contributed by atoms with Gasteiger partial charge in [-0.2, -0.15) is 0 Å². The molecule has 0 saturated carbocycles. The second-order valence-corrected chi connectivity index (χ2v) is 4.76. The highest BCUT2D eigenvalue weighted by atomic mass is 19.1. The molecule has 102 valence electrons. The summed E-state index contributed by atoms with van der Waals surface area (Å²) in [6.07, 6.45) is 0.795. The number of hydrogen-bond acceptors (Lipinski definition) is 2. The minimum Gasteiger partial charge on any atom is -0.342 e. The Morgan fingerprint density at radius 1 is 1.10 bits per heavy atom. The second-order valence-electron chi connectivity index (χ2n) is 4.76. The van der Waals surface area contributed by atoms with Gasteiger partial charge in [-0.05, 0) is 23.8 Å². The van der Waals surface area contributed by atoms with Crippen molar-refractivity contribution >= 4 is 11.0 Å². The first-order valence-corrected chi connectivity index (χ1v) is 6.70. The van der Waals surface area contributed by atoms with E-state index in [1.807, 2.05) is 18.2 Å². The average molecular weight is 269 g/mol. The molecular weight excluding hydrogens is 253 g/mol. The lowest BCUT2D eigenvalue weighted by molar-refractivity contribution is 0.629. The third-order valence-corrected chi connectivity index (χ3v) is 3.20. The van der Waals surface area contributed by atoms with Crippen molar-refractivity contribution in [3.8, 4) is 0 Å². The van der Waals surface area contributed by atoms with Gasteiger partial charge < -0.3 is 10.3 Å². The lowest BCUT2D eigenvalue weighted by atomic mass is 10.2. The average Bonchev–Trinajstić information content (AvgIpc) is 2.86. The van der Waals surface area contributed by atoms with Gasteiger partial charge in [-0.3, -0.25) is 0 Å². The molecule has 1 heterocycles. The minimum atomic E-state index is -0.241. The van der Waals surface area contributed by atoms with E-state index in [9.17, 15) is 4.39 Å². The summed E-state index contributed by atoms with van der Waals surface area (Å²) >= 11 is 0. The summed E-state index contributed by atoms with van der Waals surface area (Å²) in [4.78, 5) is 7.58. The van der Waals surface area contributed by atoms with Crippen LogP contribution in [0.15, 0.2) is 48.5 Å². The van der Waals surface area contributed by atoms with Crippen molar-refractivity contribution < 1.29 is 4.39 Å². The van der Waals surface area contributed by atoms with Crippen molar-refractivity contribution in [3.63, 3.8) is 0 Å². The zero-order valence-electron chi connectivity index (χ0n) is 11.1. The summed E-state index contributed by atoms with van der Waals surface area (Å²) in [5.74, 6) is 0.640. The van der Waals surface area contributed by atoms with Crippen LogP contribution in [-0.2, 0) is 13.0 Å². The lowest BCUT2D eigenvalue weighted by Crippen LogP contribution is -2.17. The third kappa shape index (κ3) is 3.03. The van der Waals surface area contributed by atoms with E-state index in [0.717, 1.165) is 36.4 Å².